The van der Waals surface area contributed by atoms with Gasteiger partial charge in [0.15, 0.2) is 0 Å². The number of aromatic nitrogens is 2. The lowest BCUT2D eigenvalue weighted by Gasteiger charge is -2.14. The molecule has 0 radical (unpaired) electrons. The van der Waals surface area contributed by atoms with Crippen LogP contribution >= 0.6 is 0 Å². The van der Waals surface area contributed by atoms with Crippen LogP contribution < -0.4 is 5.32 Å². The summed E-state index contributed by atoms with van der Waals surface area (Å²) in [7, 11) is 0. The standard InChI is InChI=1S/C14H18FN3/c1-9-4-5-12(6-13(9)15)10(2)16-7-14-11(3)17-8-18-14/h4-6,8,10,16H,7H2,1-3H3,(H,17,18). The maximum Gasteiger partial charge on any atom is 0.126 e. The van der Waals surface area contributed by atoms with Crippen LogP contribution in [0, 0.1) is 19.7 Å². The molecule has 2 aromatic rings. The average Bonchev–Trinajstić information content (AvgIpc) is 2.75. The van der Waals surface area contributed by atoms with E-state index in [0.717, 1.165) is 17.0 Å². The summed E-state index contributed by atoms with van der Waals surface area (Å²) in [5.74, 6) is -0.155. The van der Waals surface area contributed by atoms with Gasteiger partial charge in [-0.1, -0.05) is 12.1 Å². The van der Waals surface area contributed by atoms with Gasteiger partial charge in [-0.2, -0.15) is 0 Å². The number of rotatable bonds is 4. The highest BCUT2D eigenvalue weighted by Crippen LogP contribution is 2.16. The molecule has 2 N–H and O–H groups in total. The fourth-order valence-corrected chi connectivity index (χ4v) is 1.81. The van der Waals surface area contributed by atoms with Gasteiger partial charge >= 0.3 is 0 Å². The molecule has 0 bridgehead atoms. The van der Waals surface area contributed by atoms with Gasteiger partial charge in [0.1, 0.15) is 5.82 Å². The van der Waals surface area contributed by atoms with Crippen molar-refractivity contribution in [1.29, 1.82) is 0 Å². The zero-order chi connectivity index (χ0) is 13.1. The number of aryl methyl sites for hydroxylation is 2. The number of H-pyrrole nitrogens is 1. The van der Waals surface area contributed by atoms with Gasteiger partial charge in [0, 0.05) is 18.3 Å². The molecule has 1 heterocycles. The molecule has 0 fully saturated rings. The predicted molar refractivity (Wildman–Crippen MR) is 69.7 cm³/mol. The maximum atomic E-state index is 13.5. The molecule has 1 aromatic heterocycles. The van der Waals surface area contributed by atoms with E-state index in [9.17, 15) is 4.39 Å². The van der Waals surface area contributed by atoms with Gasteiger partial charge < -0.3 is 10.3 Å². The van der Waals surface area contributed by atoms with E-state index in [1.54, 1.807) is 19.3 Å². The summed E-state index contributed by atoms with van der Waals surface area (Å²) < 4.78 is 13.5. The number of nitrogens with one attached hydrogen (secondary N) is 2. The van der Waals surface area contributed by atoms with Crippen molar-refractivity contribution in [2.75, 3.05) is 0 Å². The minimum Gasteiger partial charge on any atom is -0.348 e. The Bertz CT molecular complexity index is 534. The van der Waals surface area contributed by atoms with Crippen molar-refractivity contribution in [2.24, 2.45) is 0 Å². The summed E-state index contributed by atoms with van der Waals surface area (Å²) in [6.07, 6.45) is 1.68. The van der Waals surface area contributed by atoms with Gasteiger partial charge in [0.2, 0.25) is 0 Å². The second-order valence-corrected chi connectivity index (χ2v) is 4.59. The van der Waals surface area contributed by atoms with Crippen LogP contribution in [0.1, 0.15) is 35.5 Å². The van der Waals surface area contributed by atoms with Crippen LogP contribution in [0.2, 0.25) is 0 Å². The van der Waals surface area contributed by atoms with Gasteiger partial charge in [-0.15, -0.1) is 0 Å². The fraction of sp³-hybridized carbons (Fsp3) is 0.357. The minimum atomic E-state index is -0.155. The van der Waals surface area contributed by atoms with Crippen molar-refractivity contribution in [2.45, 2.75) is 33.4 Å². The lowest BCUT2D eigenvalue weighted by molar-refractivity contribution is 0.557. The van der Waals surface area contributed by atoms with Crippen LogP contribution in [0.25, 0.3) is 0 Å². The quantitative estimate of drug-likeness (QED) is 0.872. The Hall–Kier alpha value is -1.68. The van der Waals surface area contributed by atoms with E-state index in [1.165, 1.54) is 0 Å². The highest BCUT2D eigenvalue weighted by atomic mass is 19.1. The molecule has 1 aromatic carbocycles. The highest BCUT2D eigenvalue weighted by molar-refractivity contribution is 5.25. The predicted octanol–water partition coefficient (Wildman–Crippen LogP) is 3.02. The summed E-state index contributed by atoms with van der Waals surface area (Å²) in [5.41, 5.74) is 3.68. The topological polar surface area (TPSA) is 40.7 Å². The molecular formula is C14H18FN3. The molecule has 0 saturated carbocycles. The largest absolute Gasteiger partial charge is 0.348 e. The Balaban J connectivity index is 2.01. The summed E-state index contributed by atoms with van der Waals surface area (Å²) in [6.45, 7) is 6.45. The average molecular weight is 247 g/mol. The van der Waals surface area contributed by atoms with E-state index in [-0.39, 0.29) is 11.9 Å². The zero-order valence-electron chi connectivity index (χ0n) is 10.9. The Morgan fingerprint density at radius 3 is 2.78 bits per heavy atom. The molecule has 1 unspecified atom stereocenters. The van der Waals surface area contributed by atoms with Crippen LogP contribution in [0.5, 0.6) is 0 Å². The smallest absolute Gasteiger partial charge is 0.126 e. The number of imidazole rings is 1. The van der Waals surface area contributed by atoms with Crippen LogP contribution in [0.4, 0.5) is 4.39 Å². The molecular weight excluding hydrogens is 229 g/mol. The van der Waals surface area contributed by atoms with Gasteiger partial charge in [-0.3, -0.25) is 0 Å². The Morgan fingerprint density at radius 1 is 1.39 bits per heavy atom. The summed E-state index contributed by atoms with van der Waals surface area (Å²) in [5, 5.41) is 3.34. The van der Waals surface area contributed by atoms with E-state index in [1.807, 2.05) is 26.0 Å². The van der Waals surface area contributed by atoms with Crippen molar-refractivity contribution in [3.05, 3.63) is 52.9 Å². The first kappa shape index (κ1) is 12.8. The first-order valence-corrected chi connectivity index (χ1v) is 6.06. The lowest BCUT2D eigenvalue weighted by atomic mass is 10.1. The second kappa shape index (κ2) is 5.31. The minimum absolute atomic E-state index is 0.0937. The number of benzene rings is 1. The summed E-state index contributed by atoms with van der Waals surface area (Å²) >= 11 is 0. The lowest BCUT2D eigenvalue weighted by Crippen LogP contribution is -2.19. The third kappa shape index (κ3) is 2.76. The van der Waals surface area contributed by atoms with E-state index in [4.69, 9.17) is 0 Å². The molecule has 0 aliphatic carbocycles. The molecule has 2 rings (SSSR count). The van der Waals surface area contributed by atoms with Gasteiger partial charge in [-0.25, -0.2) is 9.37 Å². The molecule has 18 heavy (non-hydrogen) atoms. The van der Waals surface area contributed by atoms with E-state index < -0.39 is 0 Å². The fourth-order valence-electron chi connectivity index (χ4n) is 1.81. The number of halogens is 1. The van der Waals surface area contributed by atoms with Crippen LogP contribution in [0.15, 0.2) is 24.5 Å². The number of aromatic amines is 1. The van der Waals surface area contributed by atoms with Crippen molar-refractivity contribution >= 4 is 0 Å². The Morgan fingerprint density at radius 2 is 2.17 bits per heavy atom. The third-order valence-electron chi connectivity index (χ3n) is 3.21. The molecule has 0 spiro atoms. The van der Waals surface area contributed by atoms with Crippen molar-refractivity contribution < 1.29 is 4.39 Å². The van der Waals surface area contributed by atoms with Gasteiger partial charge in [-0.05, 0) is 38.0 Å². The highest BCUT2D eigenvalue weighted by Gasteiger charge is 2.08. The molecule has 0 aliphatic rings. The van der Waals surface area contributed by atoms with E-state index in [2.05, 4.69) is 15.3 Å². The number of hydrogen-bond donors (Lipinski definition) is 2. The molecule has 96 valence electrons. The normalized spacial score (nSPS) is 12.7. The maximum absolute atomic E-state index is 13.5. The van der Waals surface area contributed by atoms with Crippen molar-refractivity contribution in [3.63, 3.8) is 0 Å². The summed E-state index contributed by atoms with van der Waals surface area (Å²) in [6, 6.07) is 5.44. The molecule has 3 nitrogen and oxygen atoms in total. The molecule has 0 amide bonds. The monoisotopic (exact) mass is 247 g/mol. The van der Waals surface area contributed by atoms with E-state index >= 15 is 0 Å². The van der Waals surface area contributed by atoms with Gasteiger partial charge in [0.05, 0.1) is 12.0 Å². The summed E-state index contributed by atoms with van der Waals surface area (Å²) in [4.78, 5) is 7.26. The SMILES string of the molecule is Cc1ccc(C(C)NCc2nc[nH]c2C)cc1F. The van der Waals surface area contributed by atoms with Crippen LogP contribution in [-0.4, -0.2) is 9.97 Å². The molecule has 0 saturated heterocycles. The first-order valence-electron chi connectivity index (χ1n) is 6.06. The molecule has 1 atom stereocenters. The van der Waals surface area contributed by atoms with Crippen LogP contribution in [-0.2, 0) is 6.54 Å². The second-order valence-electron chi connectivity index (χ2n) is 4.59. The Kier molecular flexibility index (Phi) is 3.77. The van der Waals surface area contributed by atoms with E-state index in [0.29, 0.717) is 12.1 Å². The Labute approximate surface area is 106 Å². The third-order valence-corrected chi connectivity index (χ3v) is 3.21. The van der Waals surface area contributed by atoms with Crippen molar-refractivity contribution in [1.82, 2.24) is 15.3 Å². The zero-order valence-corrected chi connectivity index (χ0v) is 10.9. The number of hydrogen-bond acceptors (Lipinski definition) is 2. The first-order chi connectivity index (χ1) is 8.58. The number of nitrogens with zero attached hydrogens (tertiary/aromatic N) is 1. The van der Waals surface area contributed by atoms with Crippen LogP contribution in [0.3, 0.4) is 0 Å². The molecule has 0 aliphatic heterocycles. The van der Waals surface area contributed by atoms with Crippen molar-refractivity contribution in [3.8, 4) is 0 Å². The molecule has 4 heteroatoms. The van der Waals surface area contributed by atoms with Gasteiger partial charge in [0.25, 0.3) is 0 Å².